The lowest BCUT2D eigenvalue weighted by Gasteiger charge is -2.13. The first-order chi connectivity index (χ1) is 4.70. The summed E-state index contributed by atoms with van der Waals surface area (Å²) in [6.45, 7) is 5.81. The van der Waals surface area contributed by atoms with Gasteiger partial charge in [-0.2, -0.15) is 0 Å². The summed E-state index contributed by atoms with van der Waals surface area (Å²) in [5, 5.41) is 11.8. The van der Waals surface area contributed by atoms with Crippen molar-refractivity contribution in [3.63, 3.8) is 0 Å². The highest BCUT2D eigenvalue weighted by Crippen LogP contribution is 1.88. The summed E-state index contributed by atoms with van der Waals surface area (Å²) in [4.78, 5) is 0. The average molecular weight is 146 g/mol. The van der Waals surface area contributed by atoms with E-state index in [-0.39, 0.29) is 12.6 Å². The van der Waals surface area contributed by atoms with E-state index in [9.17, 15) is 0 Å². The van der Waals surface area contributed by atoms with Gasteiger partial charge in [-0.05, 0) is 25.9 Å². The van der Waals surface area contributed by atoms with E-state index < -0.39 is 0 Å². The van der Waals surface area contributed by atoms with E-state index in [1.54, 1.807) is 0 Å². The first-order valence-corrected chi connectivity index (χ1v) is 3.75. The molecule has 10 heavy (non-hydrogen) atoms. The highest BCUT2D eigenvalue weighted by molar-refractivity contribution is 4.62. The van der Waals surface area contributed by atoms with Crippen molar-refractivity contribution in [2.24, 2.45) is 11.7 Å². The SMILES string of the molecule is CC(CN)CNC(C)CO. The molecular weight excluding hydrogens is 128 g/mol. The molecule has 0 aliphatic rings. The highest BCUT2D eigenvalue weighted by Gasteiger charge is 2.01. The van der Waals surface area contributed by atoms with Gasteiger partial charge in [0, 0.05) is 6.04 Å². The fourth-order valence-electron chi connectivity index (χ4n) is 0.550. The molecule has 0 radical (unpaired) electrons. The normalized spacial score (nSPS) is 16.8. The molecule has 0 aromatic rings. The van der Waals surface area contributed by atoms with E-state index >= 15 is 0 Å². The van der Waals surface area contributed by atoms with Gasteiger partial charge in [0.05, 0.1) is 6.61 Å². The molecule has 0 aliphatic heterocycles. The molecule has 0 aliphatic carbocycles. The Morgan fingerprint density at radius 2 is 2.10 bits per heavy atom. The van der Waals surface area contributed by atoms with Crippen molar-refractivity contribution in [2.45, 2.75) is 19.9 Å². The van der Waals surface area contributed by atoms with Crippen LogP contribution in [0.4, 0.5) is 0 Å². The average Bonchev–Trinajstić information content (AvgIpc) is 1.99. The van der Waals surface area contributed by atoms with Crippen molar-refractivity contribution in [3.8, 4) is 0 Å². The second kappa shape index (κ2) is 5.65. The number of rotatable bonds is 5. The molecule has 2 unspecified atom stereocenters. The van der Waals surface area contributed by atoms with Gasteiger partial charge in [0.2, 0.25) is 0 Å². The standard InChI is InChI=1S/C7H18N2O/c1-6(3-8)4-9-7(2)5-10/h6-7,9-10H,3-5,8H2,1-2H3. The molecule has 0 fully saturated rings. The maximum atomic E-state index is 8.63. The molecule has 0 saturated heterocycles. The lowest BCUT2D eigenvalue weighted by molar-refractivity contribution is 0.247. The van der Waals surface area contributed by atoms with Crippen LogP contribution < -0.4 is 11.1 Å². The van der Waals surface area contributed by atoms with Crippen LogP contribution in [0.25, 0.3) is 0 Å². The monoisotopic (exact) mass is 146 g/mol. The third-order valence-corrected chi connectivity index (χ3v) is 1.49. The smallest absolute Gasteiger partial charge is 0.0581 e. The molecule has 0 amide bonds. The molecule has 0 aromatic carbocycles. The third-order valence-electron chi connectivity index (χ3n) is 1.49. The molecule has 0 heterocycles. The molecule has 0 saturated carbocycles. The summed E-state index contributed by atoms with van der Waals surface area (Å²) in [5.41, 5.74) is 5.40. The van der Waals surface area contributed by atoms with Gasteiger partial charge in [-0.1, -0.05) is 6.92 Å². The summed E-state index contributed by atoms with van der Waals surface area (Å²) in [7, 11) is 0. The van der Waals surface area contributed by atoms with Crippen LogP contribution in [0.1, 0.15) is 13.8 Å². The molecule has 2 atom stereocenters. The van der Waals surface area contributed by atoms with Gasteiger partial charge in [-0.25, -0.2) is 0 Å². The first-order valence-electron chi connectivity index (χ1n) is 3.75. The molecule has 0 aromatic heterocycles. The van der Waals surface area contributed by atoms with Crippen molar-refractivity contribution < 1.29 is 5.11 Å². The van der Waals surface area contributed by atoms with E-state index in [4.69, 9.17) is 10.8 Å². The molecule has 62 valence electrons. The van der Waals surface area contributed by atoms with E-state index in [1.165, 1.54) is 0 Å². The van der Waals surface area contributed by atoms with Crippen LogP contribution >= 0.6 is 0 Å². The Hall–Kier alpha value is -0.120. The number of aliphatic hydroxyl groups is 1. The fraction of sp³-hybridized carbons (Fsp3) is 1.00. The van der Waals surface area contributed by atoms with Crippen molar-refractivity contribution in [2.75, 3.05) is 19.7 Å². The quantitative estimate of drug-likeness (QED) is 0.492. The van der Waals surface area contributed by atoms with Crippen LogP contribution in [0.5, 0.6) is 0 Å². The summed E-state index contributed by atoms with van der Waals surface area (Å²) in [6, 6.07) is 0.189. The van der Waals surface area contributed by atoms with Gasteiger partial charge >= 0.3 is 0 Å². The largest absolute Gasteiger partial charge is 0.395 e. The van der Waals surface area contributed by atoms with Crippen LogP contribution in [0.3, 0.4) is 0 Å². The minimum Gasteiger partial charge on any atom is -0.395 e. The molecule has 0 spiro atoms. The van der Waals surface area contributed by atoms with Crippen LogP contribution in [0.15, 0.2) is 0 Å². The van der Waals surface area contributed by atoms with Gasteiger partial charge in [0.25, 0.3) is 0 Å². The zero-order valence-electron chi connectivity index (χ0n) is 6.80. The van der Waals surface area contributed by atoms with E-state index in [2.05, 4.69) is 12.2 Å². The maximum absolute atomic E-state index is 8.63. The molecule has 4 N–H and O–H groups in total. The molecule has 0 bridgehead atoms. The predicted molar refractivity (Wildman–Crippen MR) is 42.8 cm³/mol. The fourth-order valence-corrected chi connectivity index (χ4v) is 0.550. The zero-order valence-corrected chi connectivity index (χ0v) is 6.80. The van der Waals surface area contributed by atoms with Crippen molar-refractivity contribution in [3.05, 3.63) is 0 Å². The number of hydrogen-bond donors (Lipinski definition) is 3. The Kier molecular flexibility index (Phi) is 5.58. The minimum absolute atomic E-state index is 0.189. The maximum Gasteiger partial charge on any atom is 0.0581 e. The topological polar surface area (TPSA) is 58.3 Å². The number of aliphatic hydroxyl groups excluding tert-OH is 1. The van der Waals surface area contributed by atoms with Gasteiger partial charge in [-0.15, -0.1) is 0 Å². The van der Waals surface area contributed by atoms with Gasteiger partial charge in [0.15, 0.2) is 0 Å². The lowest BCUT2D eigenvalue weighted by atomic mass is 10.2. The van der Waals surface area contributed by atoms with Gasteiger partial charge in [0.1, 0.15) is 0 Å². The second-order valence-electron chi connectivity index (χ2n) is 2.83. The van der Waals surface area contributed by atoms with Crippen molar-refractivity contribution in [1.29, 1.82) is 0 Å². The van der Waals surface area contributed by atoms with Crippen LogP contribution in [0.2, 0.25) is 0 Å². The molecule has 3 nitrogen and oxygen atoms in total. The highest BCUT2D eigenvalue weighted by atomic mass is 16.3. The van der Waals surface area contributed by atoms with Crippen molar-refractivity contribution in [1.82, 2.24) is 5.32 Å². The van der Waals surface area contributed by atoms with Crippen LogP contribution in [-0.4, -0.2) is 30.8 Å². The van der Waals surface area contributed by atoms with Crippen molar-refractivity contribution >= 4 is 0 Å². The van der Waals surface area contributed by atoms with E-state index in [0.717, 1.165) is 6.54 Å². The van der Waals surface area contributed by atoms with Crippen LogP contribution in [-0.2, 0) is 0 Å². The Morgan fingerprint density at radius 1 is 1.50 bits per heavy atom. The number of nitrogens with two attached hydrogens (primary N) is 1. The summed E-state index contributed by atoms with van der Waals surface area (Å²) < 4.78 is 0. The predicted octanol–water partition coefficient (Wildman–Crippen LogP) is -0.448. The van der Waals surface area contributed by atoms with Gasteiger partial charge in [-0.3, -0.25) is 0 Å². The summed E-state index contributed by atoms with van der Waals surface area (Å²) >= 11 is 0. The molecule has 3 heteroatoms. The van der Waals surface area contributed by atoms with Gasteiger partial charge < -0.3 is 16.2 Å². The summed E-state index contributed by atoms with van der Waals surface area (Å²) in [5.74, 6) is 0.494. The second-order valence-corrected chi connectivity index (χ2v) is 2.83. The van der Waals surface area contributed by atoms with E-state index in [0.29, 0.717) is 12.5 Å². The Morgan fingerprint density at radius 3 is 2.50 bits per heavy atom. The Bertz CT molecular complexity index is 68.0. The summed E-state index contributed by atoms with van der Waals surface area (Å²) in [6.07, 6.45) is 0. The molecular formula is C7H18N2O. The third kappa shape index (κ3) is 4.73. The minimum atomic E-state index is 0.189. The Balaban J connectivity index is 3.17. The molecule has 0 rings (SSSR count). The van der Waals surface area contributed by atoms with Crippen LogP contribution in [0, 0.1) is 5.92 Å². The zero-order chi connectivity index (χ0) is 7.98. The number of hydrogen-bond acceptors (Lipinski definition) is 3. The lowest BCUT2D eigenvalue weighted by Crippen LogP contribution is -2.34. The first kappa shape index (κ1) is 9.88. The Labute approximate surface area is 62.6 Å². The van der Waals surface area contributed by atoms with E-state index in [1.807, 2.05) is 6.92 Å². The number of nitrogens with one attached hydrogen (secondary N) is 1.